The summed E-state index contributed by atoms with van der Waals surface area (Å²) in [5, 5.41) is 0. The second-order valence-electron chi connectivity index (χ2n) is 1.40. The molecular weight excluding hydrogens is 155 g/mol. The number of hydrogen-bond acceptors (Lipinski definition) is 4. The second-order valence-corrected chi connectivity index (χ2v) is 1.80. The van der Waals surface area contributed by atoms with Crippen LogP contribution in [0, 0.1) is 0 Å². The molecule has 1 atom stereocenters. The predicted molar refractivity (Wildman–Crippen MR) is 37.1 cm³/mol. The van der Waals surface area contributed by atoms with E-state index in [1.165, 1.54) is 0 Å². The molecule has 0 radical (unpaired) electrons. The Morgan fingerprint density at radius 3 is 2.10 bits per heavy atom. The highest BCUT2D eigenvalue weighted by Crippen LogP contribution is 2.05. The van der Waals surface area contributed by atoms with Gasteiger partial charge in [0.25, 0.3) is 0 Å². The molecular formula is C5H12O4P+. The maximum Gasteiger partial charge on any atom is 0.499 e. The zero-order valence-electron chi connectivity index (χ0n) is 6.12. The topological polar surface area (TPSA) is 44.8 Å². The molecule has 5 heteroatoms. The summed E-state index contributed by atoms with van der Waals surface area (Å²) in [6, 6.07) is 0. The van der Waals surface area contributed by atoms with Crippen molar-refractivity contribution >= 4 is 8.69 Å². The average Bonchev–Trinajstić information content (AvgIpc) is 1.90. The van der Waals surface area contributed by atoms with Crippen LogP contribution < -0.4 is 0 Å². The molecule has 0 aliphatic rings. The van der Waals surface area contributed by atoms with Gasteiger partial charge in [-0.3, -0.25) is 0 Å². The smallest absolute Gasteiger partial charge is 0.327 e. The lowest BCUT2D eigenvalue weighted by Crippen LogP contribution is -2.16. The van der Waals surface area contributed by atoms with E-state index >= 15 is 0 Å². The van der Waals surface area contributed by atoms with Gasteiger partial charge >= 0.3 is 15.2 Å². The van der Waals surface area contributed by atoms with E-state index in [2.05, 4.69) is 4.52 Å². The van der Waals surface area contributed by atoms with Crippen LogP contribution in [0.1, 0.15) is 13.8 Å². The first-order chi connectivity index (χ1) is 4.85. The molecule has 0 saturated heterocycles. The molecule has 0 aromatic carbocycles. The molecule has 0 aromatic heterocycles. The van der Waals surface area contributed by atoms with Crippen molar-refractivity contribution in [3.8, 4) is 0 Å². The van der Waals surface area contributed by atoms with E-state index in [4.69, 9.17) is 9.47 Å². The molecule has 0 aliphatic carbocycles. The van der Waals surface area contributed by atoms with Gasteiger partial charge in [0.1, 0.15) is 0 Å². The molecule has 0 fully saturated rings. The molecule has 10 heavy (non-hydrogen) atoms. The van der Waals surface area contributed by atoms with Gasteiger partial charge in [-0.25, -0.2) is 0 Å². The van der Waals surface area contributed by atoms with Crippen molar-refractivity contribution in [1.29, 1.82) is 0 Å². The third kappa shape index (κ3) is 4.82. The van der Waals surface area contributed by atoms with Crippen LogP contribution in [0.5, 0.6) is 0 Å². The van der Waals surface area contributed by atoms with Crippen molar-refractivity contribution < 1.29 is 18.6 Å². The van der Waals surface area contributed by atoms with Crippen molar-refractivity contribution in [3.63, 3.8) is 0 Å². The normalized spacial score (nSPS) is 11.1. The monoisotopic (exact) mass is 167 g/mol. The van der Waals surface area contributed by atoms with Crippen LogP contribution in [-0.2, 0) is 18.6 Å². The van der Waals surface area contributed by atoms with E-state index in [0.717, 1.165) is 0 Å². The van der Waals surface area contributed by atoms with Crippen molar-refractivity contribution in [2.45, 2.75) is 20.3 Å². The lowest BCUT2D eigenvalue weighted by atomic mass is 10.8. The van der Waals surface area contributed by atoms with Crippen LogP contribution in [-0.4, -0.2) is 19.7 Å². The van der Waals surface area contributed by atoms with Crippen molar-refractivity contribution in [2.75, 3.05) is 13.2 Å². The fraction of sp³-hybridized carbons (Fsp3) is 1.00. The molecule has 0 bridgehead atoms. The van der Waals surface area contributed by atoms with Crippen molar-refractivity contribution in [3.05, 3.63) is 0 Å². The van der Waals surface area contributed by atoms with E-state index in [0.29, 0.717) is 13.2 Å². The minimum absolute atomic E-state index is 0.481. The van der Waals surface area contributed by atoms with Crippen LogP contribution in [0.15, 0.2) is 0 Å². The highest BCUT2D eigenvalue weighted by atomic mass is 31.1. The Morgan fingerprint density at radius 1 is 1.30 bits per heavy atom. The van der Waals surface area contributed by atoms with Gasteiger partial charge in [0, 0.05) is 13.2 Å². The van der Waals surface area contributed by atoms with Gasteiger partial charge in [-0.15, -0.1) is 0 Å². The van der Waals surface area contributed by atoms with Crippen LogP contribution in [0.25, 0.3) is 0 Å². The van der Waals surface area contributed by atoms with Gasteiger partial charge in [-0.2, -0.15) is 0 Å². The average molecular weight is 167 g/mol. The summed E-state index contributed by atoms with van der Waals surface area (Å²) in [6.07, 6.45) is 0. The SMILES string of the molecule is CCOC(OCC)O[PH+]=O. The van der Waals surface area contributed by atoms with Gasteiger partial charge in [-0.1, -0.05) is 4.52 Å². The minimum Gasteiger partial charge on any atom is -0.327 e. The third-order valence-corrected chi connectivity index (χ3v) is 1.04. The molecule has 4 nitrogen and oxygen atoms in total. The Morgan fingerprint density at radius 2 is 1.80 bits per heavy atom. The zero-order chi connectivity index (χ0) is 7.82. The zero-order valence-corrected chi connectivity index (χ0v) is 7.12. The Hall–Kier alpha value is -0.0200. The highest BCUT2D eigenvalue weighted by Gasteiger charge is 2.11. The third-order valence-electron chi connectivity index (χ3n) is 0.750. The van der Waals surface area contributed by atoms with Crippen LogP contribution in [0.4, 0.5) is 0 Å². The first kappa shape index (κ1) is 9.98. The maximum atomic E-state index is 9.94. The first-order valence-electron chi connectivity index (χ1n) is 3.11. The van der Waals surface area contributed by atoms with E-state index in [-0.39, 0.29) is 0 Å². The molecule has 0 spiro atoms. The predicted octanol–water partition coefficient (Wildman–Crippen LogP) is 1.30. The van der Waals surface area contributed by atoms with E-state index in [9.17, 15) is 4.57 Å². The Kier molecular flexibility index (Phi) is 7.08. The number of rotatable bonds is 6. The molecule has 0 N–H and O–H groups in total. The molecule has 0 heterocycles. The van der Waals surface area contributed by atoms with Crippen LogP contribution >= 0.6 is 8.69 Å². The van der Waals surface area contributed by atoms with Crippen LogP contribution in [0.3, 0.4) is 0 Å². The molecule has 0 aromatic rings. The molecule has 0 aliphatic heterocycles. The number of ether oxygens (including phenoxy) is 2. The Labute approximate surface area is 61.7 Å². The summed E-state index contributed by atoms with van der Waals surface area (Å²) < 4.78 is 24.3. The fourth-order valence-electron chi connectivity index (χ4n) is 0.428. The summed E-state index contributed by atoms with van der Waals surface area (Å²) in [5.74, 6) is 0. The van der Waals surface area contributed by atoms with Gasteiger partial charge in [0.2, 0.25) is 0 Å². The molecule has 0 rings (SSSR count). The summed E-state index contributed by atoms with van der Waals surface area (Å²) in [5.41, 5.74) is 0. The van der Waals surface area contributed by atoms with Crippen molar-refractivity contribution in [2.24, 2.45) is 0 Å². The lowest BCUT2D eigenvalue weighted by molar-refractivity contribution is -0.238. The van der Waals surface area contributed by atoms with Crippen LogP contribution in [0.2, 0.25) is 0 Å². The molecule has 0 amide bonds. The largest absolute Gasteiger partial charge is 0.499 e. The van der Waals surface area contributed by atoms with Gasteiger partial charge in [-0.05, 0) is 18.4 Å². The van der Waals surface area contributed by atoms with Gasteiger partial charge < -0.3 is 9.47 Å². The number of hydrogen-bond donors (Lipinski definition) is 0. The second kappa shape index (κ2) is 7.09. The maximum absolute atomic E-state index is 9.94. The van der Waals surface area contributed by atoms with E-state index in [1.807, 2.05) is 13.8 Å². The standard InChI is InChI=1S/C5H12O4P/c1-3-7-5(8-4-2)9-10-6/h5,10H,3-4H2,1-2H3/q+1. The van der Waals surface area contributed by atoms with E-state index in [1.54, 1.807) is 0 Å². The Bertz CT molecular complexity index is 81.7. The molecule has 0 saturated carbocycles. The summed E-state index contributed by atoms with van der Waals surface area (Å²) >= 11 is 0. The first-order valence-corrected chi connectivity index (χ1v) is 3.92. The molecule has 60 valence electrons. The van der Waals surface area contributed by atoms with E-state index < -0.39 is 15.2 Å². The lowest BCUT2D eigenvalue weighted by Gasteiger charge is -2.08. The quantitative estimate of drug-likeness (QED) is 0.441. The fourth-order valence-corrected chi connectivity index (χ4v) is 0.642. The summed E-state index contributed by atoms with van der Waals surface area (Å²) in [7, 11) is -0.842. The molecule has 1 unspecified atom stereocenters. The minimum atomic E-state index is -0.842. The van der Waals surface area contributed by atoms with Gasteiger partial charge in [0.15, 0.2) is 0 Å². The summed E-state index contributed by atoms with van der Waals surface area (Å²) in [6.45, 7) is 3.81. The van der Waals surface area contributed by atoms with Gasteiger partial charge in [0.05, 0.1) is 0 Å². The Balaban J connectivity index is 3.38. The summed E-state index contributed by atoms with van der Waals surface area (Å²) in [4.78, 5) is 0. The van der Waals surface area contributed by atoms with Crippen molar-refractivity contribution in [1.82, 2.24) is 0 Å². The highest BCUT2D eigenvalue weighted by molar-refractivity contribution is 7.17.